The third-order valence-corrected chi connectivity index (χ3v) is 11.3. The third-order valence-electron chi connectivity index (χ3n) is 10.1. The van der Waals surface area contributed by atoms with Gasteiger partial charge in [0.2, 0.25) is 0 Å². The van der Waals surface area contributed by atoms with E-state index < -0.39 is 12.0 Å². The molecule has 8 rings (SSSR count). The average Bonchev–Trinajstić information content (AvgIpc) is 3.74. The number of phenols is 1. The predicted octanol–water partition coefficient (Wildman–Crippen LogP) is 6.01. The fourth-order valence-corrected chi connectivity index (χ4v) is 9.38. The summed E-state index contributed by atoms with van der Waals surface area (Å²) in [5, 5.41) is 15.7. The Morgan fingerprint density at radius 1 is 1.18 bits per heavy atom. The number of phenolic OH excluding ortho intramolecular Hbond substituents is 1. The Labute approximate surface area is 259 Å². The molecule has 2 aromatic heterocycles. The molecule has 0 saturated carbocycles. The largest absolute Gasteiger partial charge is 0.508 e. The minimum Gasteiger partial charge on any atom is -0.508 e. The van der Waals surface area contributed by atoms with E-state index in [1.54, 1.807) is 12.1 Å². The number of nitrogens with one attached hydrogen (secondary N) is 1. The van der Waals surface area contributed by atoms with Gasteiger partial charge < -0.3 is 20.1 Å². The van der Waals surface area contributed by atoms with Crippen molar-refractivity contribution in [3.63, 3.8) is 0 Å². The van der Waals surface area contributed by atoms with Crippen molar-refractivity contribution in [3.8, 4) is 34.5 Å². The zero-order valence-electron chi connectivity index (χ0n) is 24.5. The topological polar surface area (TPSA) is 73.8 Å². The number of ether oxygens (including phenoxy) is 1. The summed E-state index contributed by atoms with van der Waals surface area (Å²) in [7, 11) is 0. The molecule has 10 heteroatoms. The number of alkyl halides is 1. The molecule has 0 spiro atoms. The van der Waals surface area contributed by atoms with Crippen LogP contribution >= 0.6 is 11.3 Å². The molecular formula is C34H35F2N5O2S. The van der Waals surface area contributed by atoms with Gasteiger partial charge in [0.15, 0.2) is 11.6 Å². The summed E-state index contributed by atoms with van der Waals surface area (Å²) >= 11 is 1.29. The first-order valence-electron chi connectivity index (χ1n) is 15.7. The van der Waals surface area contributed by atoms with Crippen molar-refractivity contribution in [2.75, 3.05) is 37.7 Å². The second-order valence-corrected chi connectivity index (χ2v) is 13.9. The Morgan fingerprint density at radius 2 is 2.02 bits per heavy atom. The second-order valence-electron chi connectivity index (χ2n) is 12.9. The van der Waals surface area contributed by atoms with Gasteiger partial charge in [-0.1, -0.05) is 18.1 Å². The molecule has 4 aliphatic heterocycles. The van der Waals surface area contributed by atoms with E-state index in [9.17, 15) is 9.50 Å². The Hall–Kier alpha value is -3.52. The van der Waals surface area contributed by atoms with Gasteiger partial charge in [-0.3, -0.25) is 4.90 Å². The molecule has 0 radical (unpaired) electrons. The van der Waals surface area contributed by atoms with Gasteiger partial charge in [0.05, 0.1) is 16.2 Å². The van der Waals surface area contributed by atoms with Gasteiger partial charge in [-0.25, -0.2) is 8.78 Å². The van der Waals surface area contributed by atoms with Crippen molar-refractivity contribution in [2.24, 2.45) is 0 Å². The molecule has 4 atom stereocenters. The van der Waals surface area contributed by atoms with Crippen LogP contribution in [0.5, 0.6) is 11.8 Å². The molecule has 0 amide bonds. The van der Waals surface area contributed by atoms with E-state index in [2.05, 4.69) is 26.0 Å². The van der Waals surface area contributed by atoms with Crippen molar-refractivity contribution >= 4 is 38.1 Å². The molecule has 44 heavy (non-hydrogen) atoms. The lowest BCUT2D eigenvalue weighted by Crippen LogP contribution is -2.51. The van der Waals surface area contributed by atoms with E-state index in [-0.39, 0.29) is 22.8 Å². The van der Waals surface area contributed by atoms with Crippen LogP contribution in [-0.4, -0.2) is 76.6 Å². The summed E-state index contributed by atoms with van der Waals surface area (Å²) in [5.41, 5.74) is 1.31. The van der Waals surface area contributed by atoms with Gasteiger partial charge in [0.1, 0.15) is 17.4 Å². The normalized spacial score (nSPS) is 26.5. The molecule has 2 N–H and O–H groups in total. The minimum absolute atomic E-state index is 0.0363. The first kappa shape index (κ1) is 28.0. The number of nitrogens with zero attached hydrogens (tertiary/aromatic N) is 4. The molecule has 0 aliphatic carbocycles. The van der Waals surface area contributed by atoms with E-state index in [0.29, 0.717) is 63.6 Å². The lowest BCUT2D eigenvalue weighted by atomic mass is 9.88. The molecule has 4 aliphatic rings. The van der Waals surface area contributed by atoms with Gasteiger partial charge in [0.25, 0.3) is 0 Å². The van der Waals surface area contributed by atoms with Crippen LogP contribution in [0.3, 0.4) is 0 Å². The van der Waals surface area contributed by atoms with Crippen LogP contribution in [0.25, 0.3) is 31.4 Å². The number of aromatic hydroxyl groups is 1. The number of hydrogen-bond donors (Lipinski definition) is 2. The highest BCUT2D eigenvalue weighted by Gasteiger charge is 2.48. The number of piperazine rings is 1. The summed E-state index contributed by atoms with van der Waals surface area (Å²) in [6.45, 7) is 3.43. The standard InChI is InChI=1S/C34H35F2N5O2S/c1-2-20-6-3-7-21-14-25(42)15-26(27(20)21)30-28(36)29-31(44-30)32(40-18-23-8-9-24(19-40)37-23)39-33(38-29)43-13-5-11-34-10-4-12-41(34)17-22(35)16-34/h1,3,6-7,14-15,22-24,37,42H,4-5,8-13,16-19H2/t22-,23?,24?,34-/m1/s1. The van der Waals surface area contributed by atoms with Crippen LogP contribution in [0.2, 0.25) is 0 Å². The van der Waals surface area contributed by atoms with Gasteiger partial charge in [-0.05, 0) is 75.1 Å². The first-order valence-corrected chi connectivity index (χ1v) is 16.5. The smallest absolute Gasteiger partial charge is 0.319 e. The second kappa shape index (κ2) is 10.8. The van der Waals surface area contributed by atoms with Gasteiger partial charge in [-0.15, -0.1) is 17.8 Å². The predicted molar refractivity (Wildman–Crippen MR) is 170 cm³/mol. The number of thiophene rings is 1. The number of aromatic nitrogens is 2. The number of hydrogen-bond acceptors (Lipinski definition) is 8. The highest BCUT2D eigenvalue weighted by Crippen LogP contribution is 2.46. The maximum atomic E-state index is 16.5. The molecule has 6 heterocycles. The summed E-state index contributed by atoms with van der Waals surface area (Å²) in [6, 6.07) is 9.61. The number of terminal acetylenes is 1. The maximum Gasteiger partial charge on any atom is 0.319 e. The minimum atomic E-state index is -0.755. The van der Waals surface area contributed by atoms with Crippen LogP contribution < -0.4 is 15.0 Å². The van der Waals surface area contributed by atoms with Crippen molar-refractivity contribution in [1.29, 1.82) is 0 Å². The first-order chi connectivity index (χ1) is 21.4. The van der Waals surface area contributed by atoms with Crippen molar-refractivity contribution in [3.05, 3.63) is 41.7 Å². The quantitative estimate of drug-likeness (QED) is 0.195. The SMILES string of the molecule is C#Cc1cccc2cc(O)cc(-c3sc4c(N5CC6CCC(C5)N6)nc(OCCC[C@@]56CCCN5C[C@H](F)C6)nc4c3F)c12. The molecule has 4 saturated heterocycles. The van der Waals surface area contributed by atoms with Gasteiger partial charge in [-0.2, -0.15) is 9.97 Å². The van der Waals surface area contributed by atoms with Crippen LogP contribution in [0, 0.1) is 18.2 Å². The van der Waals surface area contributed by atoms with Crippen molar-refractivity contribution in [2.45, 2.75) is 68.7 Å². The van der Waals surface area contributed by atoms with E-state index in [0.717, 1.165) is 63.5 Å². The third kappa shape index (κ3) is 4.68. The number of rotatable bonds is 7. The number of fused-ring (bicyclic) bond motifs is 5. The van der Waals surface area contributed by atoms with Crippen molar-refractivity contribution < 1.29 is 18.6 Å². The van der Waals surface area contributed by atoms with E-state index in [1.165, 1.54) is 11.3 Å². The Morgan fingerprint density at radius 3 is 2.84 bits per heavy atom. The molecule has 2 aromatic carbocycles. The molecule has 228 valence electrons. The fraction of sp³-hybridized carbons (Fsp3) is 0.471. The number of anilines is 1. The van der Waals surface area contributed by atoms with Crippen molar-refractivity contribution in [1.82, 2.24) is 20.2 Å². The fourth-order valence-electron chi connectivity index (χ4n) is 8.23. The zero-order chi connectivity index (χ0) is 30.0. The molecule has 2 bridgehead atoms. The zero-order valence-corrected chi connectivity index (χ0v) is 25.3. The van der Waals surface area contributed by atoms with Crippen LogP contribution in [0.1, 0.15) is 50.5 Å². The van der Waals surface area contributed by atoms with Crippen LogP contribution in [-0.2, 0) is 0 Å². The lowest BCUT2D eigenvalue weighted by Gasteiger charge is -2.34. The number of benzene rings is 2. The van der Waals surface area contributed by atoms with E-state index >= 15 is 4.39 Å². The Bertz CT molecular complexity index is 1790. The monoisotopic (exact) mass is 615 g/mol. The van der Waals surface area contributed by atoms with Crippen LogP contribution in [0.15, 0.2) is 30.3 Å². The highest BCUT2D eigenvalue weighted by atomic mass is 32.1. The average molecular weight is 616 g/mol. The molecular weight excluding hydrogens is 580 g/mol. The Balaban J connectivity index is 1.16. The summed E-state index contributed by atoms with van der Waals surface area (Å²) < 4.78 is 37.6. The number of halogens is 2. The molecule has 2 unspecified atom stereocenters. The molecule has 4 fully saturated rings. The van der Waals surface area contributed by atoms with Crippen LogP contribution in [0.4, 0.5) is 14.6 Å². The Kier molecular flexibility index (Phi) is 6.89. The summed E-state index contributed by atoms with van der Waals surface area (Å²) in [6.07, 6.45) is 11.6. The molecule has 4 aromatic rings. The van der Waals surface area contributed by atoms with E-state index in [4.69, 9.17) is 16.1 Å². The lowest BCUT2D eigenvalue weighted by molar-refractivity contribution is 0.164. The highest BCUT2D eigenvalue weighted by molar-refractivity contribution is 7.22. The maximum absolute atomic E-state index is 16.5. The summed E-state index contributed by atoms with van der Waals surface area (Å²) in [5.74, 6) is 2.96. The summed E-state index contributed by atoms with van der Waals surface area (Å²) in [4.78, 5) is 14.4. The molecule has 7 nitrogen and oxygen atoms in total. The van der Waals surface area contributed by atoms with Gasteiger partial charge >= 0.3 is 6.01 Å². The van der Waals surface area contributed by atoms with E-state index in [1.807, 2.05) is 18.2 Å². The van der Waals surface area contributed by atoms with Gasteiger partial charge in [0, 0.05) is 53.8 Å².